The third-order valence-corrected chi connectivity index (χ3v) is 5.45. The molecule has 27 heavy (non-hydrogen) atoms. The zero-order valence-corrected chi connectivity index (χ0v) is 15.8. The van der Waals surface area contributed by atoms with Crippen molar-refractivity contribution in [1.82, 2.24) is 0 Å². The van der Waals surface area contributed by atoms with Gasteiger partial charge in [-0.2, -0.15) is 0 Å². The number of carbonyl (C=O) groups excluding carboxylic acids is 2. The van der Waals surface area contributed by atoms with Gasteiger partial charge in [0.2, 0.25) is 0 Å². The van der Waals surface area contributed by atoms with Gasteiger partial charge in [0.1, 0.15) is 0 Å². The molecule has 5 nitrogen and oxygen atoms in total. The smallest absolute Gasteiger partial charge is 0.335 e. The van der Waals surface area contributed by atoms with Crippen LogP contribution in [0.4, 0.5) is 10.5 Å². The number of thioether (sulfide) groups is 1. The van der Waals surface area contributed by atoms with Crippen molar-refractivity contribution in [2.45, 2.75) is 26.2 Å². The number of imide groups is 1. The molecule has 1 heterocycles. The molecule has 1 unspecified atom stereocenters. The van der Waals surface area contributed by atoms with Crippen LogP contribution in [0.2, 0.25) is 0 Å². The van der Waals surface area contributed by atoms with E-state index in [1.807, 2.05) is 12.1 Å². The molecule has 1 aliphatic rings. The highest BCUT2D eigenvalue weighted by Gasteiger charge is 2.36. The molecule has 6 heteroatoms. The van der Waals surface area contributed by atoms with Crippen LogP contribution in [0.15, 0.2) is 53.4 Å². The number of carboxylic acids is 1. The summed E-state index contributed by atoms with van der Waals surface area (Å²) in [7, 11) is 0. The first-order chi connectivity index (χ1) is 12.9. The fourth-order valence-corrected chi connectivity index (χ4v) is 3.59. The third-order valence-electron chi connectivity index (χ3n) is 4.58. The summed E-state index contributed by atoms with van der Waals surface area (Å²) < 4.78 is 0. The summed E-state index contributed by atoms with van der Waals surface area (Å²) in [6.45, 7) is 4.25. The Kier molecular flexibility index (Phi) is 5.46. The van der Waals surface area contributed by atoms with Crippen LogP contribution < -0.4 is 4.90 Å². The van der Waals surface area contributed by atoms with Crippen LogP contribution in [0.1, 0.15) is 47.7 Å². The fraction of sp³-hybridized carbons (Fsp3) is 0.190. The standard InChI is InChI=1S/C21H19NO4S/c1-3-13(2)15-8-10-17(11-9-15)22-19(23)18(27-21(22)26)12-14-4-6-16(7-5-14)20(24)25/h4-13H,3H2,1-2H3,(H,24,25)/b18-12+. The Morgan fingerprint density at radius 3 is 2.30 bits per heavy atom. The van der Waals surface area contributed by atoms with E-state index in [1.165, 1.54) is 22.6 Å². The molecule has 0 aromatic heterocycles. The maximum atomic E-state index is 12.7. The highest BCUT2D eigenvalue weighted by atomic mass is 32.2. The second kappa shape index (κ2) is 7.80. The zero-order valence-electron chi connectivity index (χ0n) is 15.0. The summed E-state index contributed by atoms with van der Waals surface area (Å²) in [6.07, 6.45) is 2.62. The highest BCUT2D eigenvalue weighted by molar-refractivity contribution is 8.19. The lowest BCUT2D eigenvalue weighted by molar-refractivity contribution is -0.113. The van der Waals surface area contributed by atoms with E-state index in [0.717, 1.165) is 18.2 Å². The summed E-state index contributed by atoms with van der Waals surface area (Å²) in [4.78, 5) is 37.4. The molecule has 0 radical (unpaired) electrons. The molecule has 2 aromatic carbocycles. The first-order valence-electron chi connectivity index (χ1n) is 8.62. The monoisotopic (exact) mass is 381 g/mol. The molecule has 1 aliphatic heterocycles. The van der Waals surface area contributed by atoms with Gasteiger partial charge in [0.25, 0.3) is 11.1 Å². The van der Waals surface area contributed by atoms with Crippen molar-refractivity contribution in [3.63, 3.8) is 0 Å². The third kappa shape index (κ3) is 3.95. The predicted octanol–water partition coefficient (Wildman–Crippen LogP) is 5.14. The van der Waals surface area contributed by atoms with E-state index in [9.17, 15) is 14.4 Å². The number of anilines is 1. The van der Waals surface area contributed by atoms with E-state index in [0.29, 0.717) is 22.1 Å². The summed E-state index contributed by atoms with van der Waals surface area (Å²) in [6, 6.07) is 13.6. The van der Waals surface area contributed by atoms with Crippen LogP contribution in [0.5, 0.6) is 0 Å². The Morgan fingerprint density at radius 2 is 1.74 bits per heavy atom. The maximum absolute atomic E-state index is 12.7. The van der Waals surface area contributed by atoms with Crippen molar-refractivity contribution in [3.8, 4) is 0 Å². The van der Waals surface area contributed by atoms with Crippen LogP contribution in [0, 0.1) is 0 Å². The van der Waals surface area contributed by atoms with Gasteiger partial charge >= 0.3 is 5.97 Å². The number of carboxylic acid groups (broad SMARTS) is 1. The minimum absolute atomic E-state index is 0.168. The number of aromatic carboxylic acids is 1. The van der Waals surface area contributed by atoms with Crippen LogP contribution in [-0.4, -0.2) is 22.2 Å². The number of hydrogen-bond donors (Lipinski definition) is 1. The lowest BCUT2D eigenvalue weighted by Gasteiger charge is -2.14. The number of hydrogen-bond acceptors (Lipinski definition) is 4. The number of carbonyl (C=O) groups is 3. The molecule has 1 fully saturated rings. The van der Waals surface area contributed by atoms with Crippen molar-refractivity contribution in [3.05, 3.63) is 70.1 Å². The van der Waals surface area contributed by atoms with Gasteiger partial charge in [0.05, 0.1) is 16.2 Å². The van der Waals surface area contributed by atoms with Crippen molar-refractivity contribution >= 4 is 40.6 Å². The van der Waals surface area contributed by atoms with Crippen LogP contribution >= 0.6 is 11.8 Å². The van der Waals surface area contributed by atoms with Gasteiger partial charge in [0.15, 0.2) is 0 Å². The molecule has 2 amide bonds. The molecule has 3 rings (SSSR count). The molecule has 0 saturated carbocycles. The Bertz CT molecular complexity index is 916. The lowest BCUT2D eigenvalue weighted by atomic mass is 9.98. The molecular weight excluding hydrogens is 362 g/mol. The molecule has 2 aromatic rings. The second-order valence-electron chi connectivity index (χ2n) is 6.35. The van der Waals surface area contributed by atoms with E-state index in [4.69, 9.17) is 5.11 Å². The molecule has 1 saturated heterocycles. The topological polar surface area (TPSA) is 74.7 Å². The van der Waals surface area contributed by atoms with Crippen molar-refractivity contribution in [2.24, 2.45) is 0 Å². The first kappa shape index (κ1) is 18.9. The lowest BCUT2D eigenvalue weighted by Crippen LogP contribution is -2.27. The van der Waals surface area contributed by atoms with Gasteiger partial charge in [-0.3, -0.25) is 9.59 Å². The van der Waals surface area contributed by atoms with E-state index in [-0.39, 0.29) is 16.7 Å². The molecule has 0 aliphatic carbocycles. The quantitative estimate of drug-likeness (QED) is 0.726. The van der Waals surface area contributed by atoms with E-state index in [1.54, 1.807) is 30.3 Å². The Morgan fingerprint density at radius 1 is 1.11 bits per heavy atom. The summed E-state index contributed by atoms with van der Waals surface area (Å²) in [5.74, 6) is -0.964. The van der Waals surface area contributed by atoms with Gasteiger partial charge in [-0.25, -0.2) is 9.69 Å². The van der Waals surface area contributed by atoms with E-state index in [2.05, 4.69) is 13.8 Å². The average Bonchev–Trinajstić information content (AvgIpc) is 2.95. The Labute approximate surface area is 161 Å². The fourth-order valence-electron chi connectivity index (χ4n) is 2.75. The largest absolute Gasteiger partial charge is 0.478 e. The summed E-state index contributed by atoms with van der Waals surface area (Å²) in [5.41, 5.74) is 2.55. The number of nitrogens with zero attached hydrogens (tertiary/aromatic N) is 1. The van der Waals surface area contributed by atoms with Gasteiger partial charge < -0.3 is 5.11 Å². The van der Waals surface area contributed by atoms with Gasteiger partial charge in [-0.1, -0.05) is 38.1 Å². The molecule has 1 N–H and O–H groups in total. The zero-order chi connectivity index (χ0) is 19.6. The first-order valence-corrected chi connectivity index (χ1v) is 9.43. The minimum Gasteiger partial charge on any atom is -0.478 e. The van der Waals surface area contributed by atoms with E-state index >= 15 is 0 Å². The average molecular weight is 381 g/mol. The van der Waals surface area contributed by atoms with Crippen LogP contribution in [0.25, 0.3) is 6.08 Å². The second-order valence-corrected chi connectivity index (χ2v) is 7.34. The number of benzene rings is 2. The van der Waals surface area contributed by atoms with Crippen molar-refractivity contribution < 1.29 is 19.5 Å². The van der Waals surface area contributed by atoms with Crippen LogP contribution in [0.3, 0.4) is 0 Å². The molecule has 1 atom stereocenters. The SMILES string of the molecule is CCC(C)c1ccc(N2C(=O)S/C(=C/c3ccc(C(=O)O)cc3)C2=O)cc1. The van der Waals surface area contributed by atoms with Crippen molar-refractivity contribution in [1.29, 1.82) is 0 Å². The Balaban J connectivity index is 1.83. The summed E-state index contributed by atoms with van der Waals surface area (Å²) in [5, 5.41) is 8.60. The number of rotatable bonds is 5. The van der Waals surface area contributed by atoms with Gasteiger partial charge in [0, 0.05) is 0 Å². The van der Waals surface area contributed by atoms with Gasteiger partial charge in [-0.05, 0) is 65.6 Å². The van der Waals surface area contributed by atoms with Gasteiger partial charge in [-0.15, -0.1) is 0 Å². The van der Waals surface area contributed by atoms with Crippen LogP contribution in [-0.2, 0) is 4.79 Å². The molecule has 0 spiro atoms. The molecule has 0 bridgehead atoms. The Hall–Kier alpha value is -2.86. The highest BCUT2D eigenvalue weighted by Crippen LogP contribution is 2.36. The summed E-state index contributed by atoms with van der Waals surface area (Å²) >= 11 is 0.879. The maximum Gasteiger partial charge on any atom is 0.335 e. The molecular formula is C21H19NO4S. The minimum atomic E-state index is -1.01. The van der Waals surface area contributed by atoms with Crippen molar-refractivity contribution in [2.75, 3.05) is 4.90 Å². The van der Waals surface area contributed by atoms with E-state index < -0.39 is 5.97 Å². The number of amides is 2. The normalized spacial score (nSPS) is 16.8. The predicted molar refractivity (Wildman–Crippen MR) is 107 cm³/mol. The molecule has 138 valence electrons.